The van der Waals surface area contributed by atoms with Crippen LogP contribution in [0.15, 0.2) is 38.0 Å². The molecule has 4 heteroatoms. The largest absolute Gasteiger partial charge is 0.241 e. The maximum atomic E-state index is 4.37. The molecule has 0 aliphatic heterocycles. The summed E-state index contributed by atoms with van der Waals surface area (Å²) in [5.41, 5.74) is 2.13. The fourth-order valence-electron chi connectivity index (χ4n) is 1.02. The SMILES string of the molecule is Brc1cccc(-c2cscc2Br)n1. The molecule has 0 fully saturated rings. The van der Waals surface area contributed by atoms with Crippen molar-refractivity contribution < 1.29 is 0 Å². The van der Waals surface area contributed by atoms with Crippen LogP contribution >= 0.6 is 43.2 Å². The first-order valence-corrected chi connectivity index (χ1v) is 6.15. The smallest absolute Gasteiger partial charge is 0.106 e. The number of hydrogen-bond acceptors (Lipinski definition) is 2. The van der Waals surface area contributed by atoms with Crippen LogP contribution in [-0.2, 0) is 0 Å². The minimum absolute atomic E-state index is 0.864. The lowest BCUT2D eigenvalue weighted by Crippen LogP contribution is -1.81. The Bertz CT molecular complexity index is 425. The van der Waals surface area contributed by atoms with Crippen LogP contribution in [0.3, 0.4) is 0 Å². The second kappa shape index (κ2) is 3.90. The average Bonchev–Trinajstić information content (AvgIpc) is 2.51. The fourth-order valence-corrected chi connectivity index (χ4v) is 2.86. The molecule has 1 nitrogen and oxygen atoms in total. The van der Waals surface area contributed by atoms with Crippen molar-refractivity contribution in [3.63, 3.8) is 0 Å². The summed E-state index contributed by atoms with van der Waals surface area (Å²) in [5, 5.41) is 4.14. The van der Waals surface area contributed by atoms with Crippen LogP contribution in [0.4, 0.5) is 0 Å². The van der Waals surface area contributed by atoms with Crippen LogP contribution in [0.5, 0.6) is 0 Å². The van der Waals surface area contributed by atoms with E-state index in [2.05, 4.69) is 47.6 Å². The quantitative estimate of drug-likeness (QED) is 0.713. The first-order chi connectivity index (χ1) is 6.27. The molecular formula is C9H5Br2NS. The van der Waals surface area contributed by atoms with Gasteiger partial charge in [0.15, 0.2) is 0 Å². The van der Waals surface area contributed by atoms with E-state index in [1.807, 2.05) is 18.2 Å². The molecule has 0 radical (unpaired) electrons. The van der Waals surface area contributed by atoms with Gasteiger partial charge in [0.1, 0.15) is 4.60 Å². The number of rotatable bonds is 1. The Hall–Kier alpha value is -0.190. The topological polar surface area (TPSA) is 12.9 Å². The molecule has 0 amide bonds. The molecule has 13 heavy (non-hydrogen) atoms. The van der Waals surface area contributed by atoms with Gasteiger partial charge in [-0.05, 0) is 44.0 Å². The summed E-state index contributed by atoms with van der Waals surface area (Å²) in [6.45, 7) is 0. The predicted octanol–water partition coefficient (Wildman–Crippen LogP) is 4.34. The van der Waals surface area contributed by atoms with Gasteiger partial charge in [-0.2, -0.15) is 11.3 Å². The Morgan fingerprint density at radius 2 is 2.00 bits per heavy atom. The highest BCUT2D eigenvalue weighted by Gasteiger charge is 2.04. The van der Waals surface area contributed by atoms with E-state index in [4.69, 9.17) is 0 Å². The van der Waals surface area contributed by atoms with E-state index in [0.717, 1.165) is 20.3 Å². The first kappa shape index (κ1) is 9.37. The van der Waals surface area contributed by atoms with E-state index < -0.39 is 0 Å². The Morgan fingerprint density at radius 1 is 1.15 bits per heavy atom. The molecule has 66 valence electrons. The normalized spacial score (nSPS) is 10.3. The van der Waals surface area contributed by atoms with Gasteiger partial charge in [0, 0.05) is 20.8 Å². The van der Waals surface area contributed by atoms with Gasteiger partial charge in [0.05, 0.1) is 5.69 Å². The zero-order valence-electron chi connectivity index (χ0n) is 6.50. The predicted molar refractivity (Wildman–Crippen MR) is 63.0 cm³/mol. The minimum atomic E-state index is 0.864. The van der Waals surface area contributed by atoms with Crippen molar-refractivity contribution in [2.45, 2.75) is 0 Å². The summed E-state index contributed by atoms with van der Waals surface area (Å²) < 4.78 is 1.96. The molecule has 0 unspecified atom stereocenters. The van der Waals surface area contributed by atoms with Crippen molar-refractivity contribution in [2.75, 3.05) is 0 Å². The van der Waals surface area contributed by atoms with Crippen LogP contribution in [0.25, 0.3) is 11.3 Å². The number of thiophene rings is 1. The summed E-state index contributed by atoms with van der Waals surface area (Å²) in [6, 6.07) is 5.90. The monoisotopic (exact) mass is 317 g/mol. The molecule has 0 saturated carbocycles. The van der Waals surface area contributed by atoms with Crippen LogP contribution in [-0.4, -0.2) is 4.98 Å². The summed E-state index contributed by atoms with van der Waals surface area (Å²) in [7, 11) is 0. The number of hydrogen-bond donors (Lipinski definition) is 0. The van der Waals surface area contributed by atoms with E-state index >= 15 is 0 Å². The highest BCUT2D eigenvalue weighted by molar-refractivity contribution is 9.10. The molecule has 0 aliphatic carbocycles. The molecule has 2 aromatic heterocycles. The second-order valence-corrected chi connectivity index (χ2v) is 4.89. The molecule has 0 aromatic carbocycles. The lowest BCUT2D eigenvalue weighted by Gasteiger charge is -1.98. The first-order valence-electron chi connectivity index (χ1n) is 3.62. The van der Waals surface area contributed by atoms with Crippen LogP contribution in [0, 0.1) is 0 Å². The molecule has 0 bridgehead atoms. The molecular weight excluding hydrogens is 314 g/mol. The van der Waals surface area contributed by atoms with Gasteiger partial charge in [-0.25, -0.2) is 4.98 Å². The van der Waals surface area contributed by atoms with Crippen molar-refractivity contribution in [1.82, 2.24) is 4.98 Å². The van der Waals surface area contributed by atoms with Gasteiger partial charge in [0.2, 0.25) is 0 Å². The molecule has 0 saturated heterocycles. The van der Waals surface area contributed by atoms with E-state index in [9.17, 15) is 0 Å². The van der Waals surface area contributed by atoms with Crippen LogP contribution in [0.1, 0.15) is 0 Å². The van der Waals surface area contributed by atoms with Crippen molar-refractivity contribution >= 4 is 43.2 Å². The number of halogens is 2. The molecule has 0 atom stereocenters. The van der Waals surface area contributed by atoms with Crippen LogP contribution < -0.4 is 0 Å². The standard InChI is InChI=1S/C9H5Br2NS/c10-7-5-13-4-6(7)8-2-1-3-9(11)12-8/h1-5H. The summed E-state index contributed by atoms with van der Waals surface area (Å²) in [6.07, 6.45) is 0. The third-order valence-corrected chi connectivity index (χ3v) is 3.75. The Morgan fingerprint density at radius 3 is 2.62 bits per heavy atom. The summed E-state index contributed by atoms with van der Waals surface area (Å²) >= 11 is 8.50. The van der Waals surface area contributed by atoms with E-state index in [1.54, 1.807) is 11.3 Å². The molecule has 0 aliphatic rings. The molecule has 2 heterocycles. The van der Waals surface area contributed by atoms with Crippen molar-refractivity contribution in [3.8, 4) is 11.3 Å². The molecule has 2 rings (SSSR count). The van der Waals surface area contributed by atoms with Gasteiger partial charge in [0.25, 0.3) is 0 Å². The Kier molecular flexibility index (Phi) is 2.81. The number of pyridine rings is 1. The lowest BCUT2D eigenvalue weighted by molar-refractivity contribution is 1.28. The number of nitrogens with zero attached hydrogens (tertiary/aromatic N) is 1. The highest BCUT2D eigenvalue weighted by Crippen LogP contribution is 2.30. The zero-order valence-corrected chi connectivity index (χ0v) is 10.5. The fraction of sp³-hybridized carbons (Fsp3) is 0. The van der Waals surface area contributed by atoms with E-state index in [-0.39, 0.29) is 0 Å². The maximum absolute atomic E-state index is 4.37. The van der Waals surface area contributed by atoms with Crippen molar-refractivity contribution in [3.05, 3.63) is 38.0 Å². The van der Waals surface area contributed by atoms with E-state index in [0.29, 0.717) is 0 Å². The third-order valence-electron chi connectivity index (χ3n) is 1.61. The average molecular weight is 319 g/mol. The molecule has 2 aromatic rings. The van der Waals surface area contributed by atoms with Gasteiger partial charge in [-0.15, -0.1) is 0 Å². The minimum Gasteiger partial charge on any atom is -0.241 e. The third kappa shape index (κ3) is 2.00. The number of aromatic nitrogens is 1. The van der Waals surface area contributed by atoms with Gasteiger partial charge in [-0.1, -0.05) is 6.07 Å². The van der Waals surface area contributed by atoms with Crippen LogP contribution in [0.2, 0.25) is 0 Å². The molecule has 0 N–H and O–H groups in total. The van der Waals surface area contributed by atoms with E-state index in [1.165, 1.54) is 0 Å². The lowest BCUT2D eigenvalue weighted by atomic mass is 10.2. The maximum Gasteiger partial charge on any atom is 0.106 e. The Labute approximate surface area is 97.1 Å². The molecule has 0 spiro atoms. The van der Waals surface area contributed by atoms with Crippen molar-refractivity contribution in [1.29, 1.82) is 0 Å². The van der Waals surface area contributed by atoms with Gasteiger partial charge >= 0.3 is 0 Å². The zero-order chi connectivity index (χ0) is 9.26. The van der Waals surface area contributed by atoms with Gasteiger partial charge < -0.3 is 0 Å². The van der Waals surface area contributed by atoms with Crippen molar-refractivity contribution in [2.24, 2.45) is 0 Å². The second-order valence-electron chi connectivity index (χ2n) is 2.48. The highest BCUT2D eigenvalue weighted by atomic mass is 79.9. The van der Waals surface area contributed by atoms with Gasteiger partial charge in [-0.3, -0.25) is 0 Å². The summed E-state index contributed by atoms with van der Waals surface area (Å²) in [4.78, 5) is 4.37. The Balaban J connectivity index is 2.53. The summed E-state index contributed by atoms with van der Waals surface area (Å²) in [5.74, 6) is 0.